The van der Waals surface area contributed by atoms with Crippen molar-refractivity contribution in [1.29, 1.82) is 0 Å². The van der Waals surface area contributed by atoms with Crippen molar-refractivity contribution in [2.75, 3.05) is 14.2 Å². The van der Waals surface area contributed by atoms with Crippen LogP contribution in [-0.4, -0.2) is 29.3 Å². The van der Waals surface area contributed by atoms with Gasteiger partial charge in [0.2, 0.25) is 0 Å². The van der Waals surface area contributed by atoms with E-state index in [0.29, 0.717) is 0 Å². The Morgan fingerprint density at radius 3 is 1.64 bits per heavy atom. The molecule has 0 saturated carbocycles. The summed E-state index contributed by atoms with van der Waals surface area (Å²) in [6.07, 6.45) is 0.982. The molecule has 0 aromatic heterocycles. The van der Waals surface area contributed by atoms with Crippen LogP contribution < -0.4 is 0 Å². The van der Waals surface area contributed by atoms with Gasteiger partial charge in [-0.15, -0.1) is 0 Å². The van der Waals surface area contributed by atoms with E-state index in [1.165, 1.54) is 0 Å². The minimum Gasteiger partial charge on any atom is -0.379 e. The van der Waals surface area contributed by atoms with E-state index < -0.39 is 9.53 Å². The lowest BCUT2D eigenvalue weighted by molar-refractivity contribution is 0.00344. The van der Waals surface area contributed by atoms with Gasteiger partial charge in [-0.2, -0.15) is 0 Å². The van der Waals surface area contributed by atoms with Crippen molar-refractivity contribution in [2.24, 2.45) is 5.41 Å². The van der Waals surface area contributed by atoms with Gasteiger partial charge in [-0.25, -0.2) is 0 Å². The topological polar surface area (TPSA) is 27.7 Å². The van der Waals surface area contributed by atoms with Crippen molar-refractivity contribution in [3.05, 3.63) is 0 Å². The molecule has 86 valence electrons. The highest BCUT2D eigenvalue weighted by Crippen LogP contribution is 2.29. The Morgan fingerprint density at radius 2 is 1.36 bits per heavy atom. The van der Waals surface area contributed by atoms with Crippen LogP contribution in [0.25, 0.3) is 0 Å². The average molecular weight is 220 g/mol. The molecule has 0 rings (SSSR count). The third-order valence-corrected chi connectivity index (χ3v) is 3.36. The van der Waals surface area contributed by atoms with E-state index in [9.17, 15) is 0 Å². The van der Waals surface area contributed by atoms with Crippen LogP contribution in [0.15, 0.2) is 0 Å². The Kier molecular flexibility index (Phi) is 5.29. The Balaban J connectivity index is 4.18. The van der Waals surface area contributed by atoms with Gasteiger partial charge >= 0.3 is 9.53 Å². The van der Waals surface area contributed by atoms with Gasteiger partial charge in [0.1, 0.15) is 0 Å². The molecule has 0 aliphatic heterocycles. The molecular formula is C10H24O3Si. The zero-order chi connectivity index (χ0) is 11.4. The first-order chi connectivity index (χ1) is 6.20. The summed E-state index contributed by atoms with van der Waals surface area (Å²) in [4.78, 5) is 0. The lowest BCUT2D eigenvalue weighted by Crippen LogP contribution is -2.39. The molecule has 0 atom stereocenters. The van der Waals surface area contributed by atoms with Gasteiger partial charge < -0.3 is 13.3 Å². The van der Waals surface area contributed by atoms with Crippen molar-refractivity contribution in [2.45, 2.75) is 46.6 Å². The monoisotopic (exact) mass is 220 g/mol. The van der Waals surface area contributed by atoms with Crippen molar-refractivity contribution >= 4 is 9.53 Å². The van der Waals surface area contributed by atoms with Crippen molar-refractivity contribution in [3.8, 4) is 0 Å². The summed E-state index contributed by atoms with van der Waals surface area (Å²) >= 11 is 0. The highest BCUT2D eigenvalue weighted by molar-refractivity contribution is 6.36. The predicted octanol–water partition coefficient (Wildman–Crippen LogP) is 2.23. The van der Waals surface area contributed by atoms with Crippen LogP contribution >= 0.6 is 0 Å². The van der Waals surface area contributed by atoms with E-state index in [0.717, 1.165) is 6.42 Å². The summed E-state index contributed by atoms with van der Waals surface area (Å²) < 4.78 is 16.1. The molecule has 14 heavy (non-hydrogen) atoms. The fraction of sp³-hybridized carbons (Fsp3) is 1.00. The lowest BCUT2D eigenvalue weighted by Gasteiger charge is -2.34. The fourth-order valence-electron chi connectivity index (χ4n) is 1.77. The molecule has 0 saturated heterocycles. The van der Waals surface area contributed by atoms with Gasteiger partial charge in [-0.1, -0.05) is 20.8 Å². The maximum atomic E-state index is 5.81. The van der Waals surface area contributed by atoms with Crippen LogP contribution in [0.1, 0.15) is 41.0 Å². The number of hydrogen-bond donors (Lipinski definition) is 0. The van der Waals surface area contributed by atoms with E-state index >= 15 is 0 Å². The largest absolute Gasteiger partial charge is 0.484 e. The molecular weight excluding hydrogens is 196 g/mol. The first-order valence-corrected chi connectivity index (χ1v) is 6.35. The van der Waals surface area contributed by atoms with E-state index in [1.807, 2.05) is 0 Å². The molecule has 0 spiro atoms. The van der Waals surface area contributed by atoms with Crippen LogP contribution in [-0.2, 0) is 13.3 Å². The molecule has 0 aromatic carbocycles. The standard InChI is InChI=1S/C10H24O3Si/c1-9(2,3)8-10(4,5)13-14(11-6)12-7/h14H,8H2,1-7H3. The summed E-state index contributed by atoms with van der Waals surface area (Å²) in [6, 6.07) is 0. The van der Waals surface area contributed by atoms with Crippen molar-refractivity contribution in [1.82, 2.24) is 0 Å². The Morgan fingerprint density at radius 1 is 0.929 bits per heavy atom. The van der Waals surface area contributed by atoms with Gasteiger partial charge in [-0.05, 0) is 25.7 Å². The van der Waals surface area contributed by atoms with E-state index in [2.05, 4.69) is 34.6 Å². The van der Waals surface area contributed by atoms with Crippen molar-refractivity contribution in [3.63, 3.8) is 0 Å². The van der Waals surface area contributed by atoms with Gasteiger partial charge in [0.25, 0.3) is 0 Å². The van der Waals surface area contributed by atoms with Gasteiger partial charge in [0, 0.05) is 14.2 Å². The predicted molar refractivity (Wildman–Crippen MR) is 60.4 cm³/mol. The second-order valence-electron chi connectivity index (χ2n) is 5.38. The van der Waals surface area contributed by atoms with Crippen LogP contribution in [0.3, 0.4) is 0 Å². The summed E-state index contributed by atoms with van der Waals surface area (Å²) in [7, 11) is 1.36. The minimum atomic E-state index is -1.91. The Bertz CT molecular complexity index is 159. The molecule has 0 fully saturated rings. The average Bonchev–Trinajstić information content (AvgIpc) is 1.95. The quantitative estimate of drug-likeness (QED) is 0.665. The smallest absolute Gasteiger partial charge is 0.379 e. The normalized spacial score (nSPS) is 13.7. The molecule has 0 amide bonds. The molecule has 0 unspecified atom stereocenters. The number of hydrogen-bond acceptors (Lipinski definition) is 3. The molecule has 0 aromatic rings. The highest BCUT2D eigenvalue weighted by Gasteiger charge is 2.30. The Hall–Kier alpha value is 0.0969. The molecule has 0 aliphatic rings. The molecule has 0 heterocycles. The second-order valence-corrected chi connectivity index (χ2v) is 7.13. The first-order valence-electron chi connectivity index (χ1n) is 4.93. The summed E-state index contributed by atoms with van der Waals surface area (Å²) in [6.45, 7) is 10.8. The maximum absolute atomic E-state index is 5.81. The fourth-order valence-corrected chi connectivity index (χ4v) is 2.76. The molecule has 4 heteroatoms. The van der Waals surface area contributed by atoms with Crippen LogP contribution in [0.2, 0.25) is 0 Å². The molecule has 0 radical (unpaired) electrons. The molecule has 3 nitrogen and oxygen atoms in total. The van der Waals surface area contributed by atoms with Gasteiger partial charge in [-0.3, -0.25) is 0 Å². The van der Waals surface area contributed by atoms with Crippen molar-refractivity contribution < 1.29 is 13.3 Å². The number of rotatable bonds is 5. The second kappa shape index (κ2) is 5.26. The SMILES string of the molecule is CO[SiH](OC)OC(C)(C)CC(C)(C)C. The van der Waals surface area contributed by atoms with Crippen LogP contribution in [0, 0.1) is 5.41 Å². The van der Waals surface area contributed by atoms with Crippen LogP contribution in [0.5, 0.6) is 0 Å². The van der Waals surface area contributed by atoms with E-state index in [4.69, 9.17) is 13.3 Å². The highest BCUT2D eigenvalue weighted by atomic mass is 28.3. The first kappa shape index (κ1) is 14.1. The molecule has 0 N–H and O–H groups in total. The summed E-state index contributed by atoms with van der Waals surface area (Å²) in [5.74, 6) is 0. The molecule has 0 aliphatic carbocycles. The van der Waals surface area contributed by atoms with Gasteiger partial charge in [0.15, 0.2) is 0 Å². The Labute approximate surface area is 89.7 Å². The minimum absolute atomic E-state index is 0.179. The zero-order valence-electron chi connectivity index (χ0n) is 10.5. The van der Waals surface area contributed by atoms with E-state index in [-0.39, 0.29) is 11.0 Å². The molecule has 0 bridgehead atoms. The lowest BCUT2D eigenvalue weighted by atomic mass is 9.84. The third kappa shape index (κ3) is 6.54. The zero-order valence-corrected chi connectivity index (χ0v) is 11.7. The summed E-state index contributed by atoms with van der Waals surface area (Å²) in [5.41, 5.74) is 0.0745. The van der Waals surface area contributed by atoms with Crippen LogP contribution in [0.4, 0.5) is 0 Å². The maximum Gasteiger partial charge on any atom is 0.484 e. The summed E-state index contributed by atoms with van der Waals surface area (Å²) in [5, 5.41) is 0. The van der Waals surface area contributed by atoms with Gasteiger partial charge in [0.05, 0.1) is 5.60 Å². The third-order valence-electron chi connectivity index (χ3n) is 1.76. The van der Waals surface area contributed by atoms with E-state index in [1.54, 1.807) is 14.2 Å².